The van der Waals surface area contributed by atoms with Gasteiger partial charge < -0.3 is 4.74 Å². The van der Waals surface area contributed by atoms with Gasteiger partial charge in [0.05, 0.1) is 12.7 Å². The second kappa shape index (κ2) is 6.08. The van der Waals surface area contributed by atoms with Crippen LogP contribution in [0.3, 0.4) is 0 Å². The molecule has 1 saturated heterocycles. The smallest absolute Gasteiger partial charge is 0.325 e. The van der Waals surface area contributed by atoms with E-state index in [4.69, 9.17) is 9.57 Å². The molecule has 0 amide bonds. The lowest BCUT2D eigenvalue weighted by atomic mass is 10.1. The first kappa shape index (κ1) is 12.5. The van der Waals surface area contributed by atoms with E-state index in [2.05, 4.69) is 6.92 Å². The van der Waals surface area contributed by atoms with Gasteiger partial charge >= 0.3 is 5.97 Å². The predicted octanol–water partition coefficient (Wildman–Crippen LogP) is 1.74. The molecular weight excluding hydrogens is 194 g/mol. The van der Waals surface area contributed by atoms with Crippen LogP contribution < -0.4 is 0 Å². The van der Waals surface area contributed by atoms with Crippen molar-refractivity contribution in [3.63, 3.8) is 0 Å². The Bertz CT molecular complexity index is 208. The number of hydrogen-bond donors (Lipinski definition) is 0. The number of rotatable bonds is 5. The van der Waals surface area contributed by atoms with E-state index in [0.29, 0.717) is 6.61 Å². The van der Waals surface area contributed by atoms with Crippen LogP contribution in [0.15, 0.2) is 0 Å². The van der Waals surface area contributed by atoms with E-state index in [9.17, 15) is 4.79 Å². The number of carbonyl (C=O) groups is 1. The highest BCUT2D eigenvalue weighted by Gasteiger charge is 2.36. The summed E-state index contributed by atoms with van der Waals surface area (Å²) in [6, 6.07) is -0.216. The average molecular weight is 215 g/mol. The maximum Gasteiger partial charge on any atom is 0.325 e. The number of esters is 1. The molecule has 0 spiro atoms. The number of ether oxygens (including phenoxy) is 1. The highest BCUT2D eigenvalue weighted by molar-refractivity contribution is 5.75. The van der Waals surface area contributed by atoms with E-state index >= 15 is 0 Å². The van der Waals surface area contributed by atoms with Crippen molar-refractivity contribution in [2.24, 2.45) is 0 Å². The molecule has 88 valence electrons. The molecule has 0 unspecified atom stereocenters. The summed E-state index contributed by atoms with van der Waals surface area (Å²) in [5.74, 6) is -0.168. The number of carbonyl (C=O) groups excluding carboxylic acids is 1. The second-order valence-corrected chi connectivity index (χ2v) is 3.92. The van der Waals surface area contributed by atoms with Crippen LogP contribution in [0, 0.1) is 0 Å². The zero-order valence-electron chi connectivity index (χ0n) is 9.86. The third kappa shape index (κ3) is 3.47. The van der Waals surface area contributed by atoms with Crippen LogP contribution in [0.4, 0.5) is 0 Å². The van der Waals surface area contributed by atoms with Crippen LogP contribution in [0.25, 0.3) is 0 Å². The van der Waals surface area contributed by atoms with Gasteiger partial charge in [-0.05, 0) is 13.3 Å². The van der Waals surface area contributed by atoms with Crippen LogP contribution in [0.1, 0.15) is 39.5 Å². The summed E-state index contributed by atoms with van der Waals surface area (Å²) < 4.78 is 4.99. The molecule has 2 atom stereocenters. The molecule has 1 aliphatic rings. The van der Waals surface area contributed by atoms with Gasteiger partial charge in [0.2, 0.25) is 0 Å². The lowest BCUT2D eigenvalue weighted by molar-refractivity contribution is -0.172. The quantitative estimate of drug-likeness (QED) is 0.655. The average Bonchev–Trinajstić information content (AvgIpc) is 2.57. The van der Waals surface area contributed by atoms with Crippen molar-refractivity contribution in [1.82, 2.24) is 5.06 Å². The van der Waals surface area contributed by atoms with E-state index < -0.39 is 0 Å². The topological polar surface area (TPSA) is 38.8 Å². The van der Waals surface area contributed by atoms with E-state index in [1.807, 2.05) is 6.92 Å². The summed E-state index contributed by atoms with van der Waals surface area (Å²) in [7, 11) is 1.80. The number of nitrogens with zero attached hydrogens (tertiary/aromatic N) is 1. The van der Waals surface area contributed by atoms with Gasteiger partial charge in [0.1, 0.15) is 6.04 Å². The predicted molar refractivity (Wildman–Crippen MR) is 57.2 cm³/mol. The molecule has 0 aromatic heterocycles. The molecule has 1 aliphatic heterocycles. The van der Waals surface area contributed by atoms with Gasteiger partial charge in [0, 0.05) is 13.5 Å². The van der Waals surface area contributed by atoms with Crippen LogP contribution in [0.2, 0.25) is 0 Å². The fourth-order valence-electron chi connectivity index (χ4n) is 1.83. The Kier molecular flexibility index (Phi) is 5.05. The fourth-order valence-corrected chi connectivity index (χ4v) is 1.83. The summed E-state index contributed by atoms with van der Waals surface area (Å²) in [5, 5.41) is 1.64. The number of unbranched alkanes of at least 4 members (excludes halogenated alkanes) is 1. The van der Waals surface area contributed by atoms with E-state index in [0.717, 1.165) is 25.7 Å². The van der Waals surface area contributed by atoms with E-state index in [1.54, 1.807) is 12.1 Å². The SMILES string of the molecule is CCCC[C@@H]1C[C@@H](C(=O)OCC)N(C)O1. The van der Waals surface area contributed by atoms with Gasteiger partial charge in [-0.2, -0.15) is 5.06 Å². The molecule has 0 N–H and O–H groups in total. The lowest BCUT2D eigenvalue weighted by Gasteiger charge is -2.15. The van der Waals surface area contributed by atoms with Gasteiger partial charge in [0.25, 0.3) is 0 Å². The molecular formula is C11H21NO3. The molecule has 1 heterocycles. The van der Waals surface area contributed by atoms with Crippen molar-refractivity contribution in [2.75, 3.05) is 13.7 Å². The van der Waals surface area contributed by atoms with Gasteiger partial charge in [-0.15, -0.1) is 0 Å². The summed E-state index contributed by atoms with van der Waals surface area (Å²) in [6.07, 6.45) is 4.28. The molecule has 1 rings (SSSR count). The first-order valence-corrected chi connectivity index (χ1v) is 5.75. The lowest BCUT2D eigenvalue weighted by Crippen LogP contribution is -2.33. The fraction of sp³-hybridized carbons (Fsp3) is 0.909. The maximum absolute atomic E-state index is 11.5. The molecule has 1 fully saturated rings. The van der Waals surface area contributed by atoms with Crippen LogP contribution >= 0.6 is 0 Å². The number of hydroxylamine groups is 2. The molecule has 15 heavy (non-hydrogen) atoms. The first-order valence-electron chi connectivity index (χ1n) is 5.75. The zero-order chi connectivity index (χ0) is 11.3. The molecule has 0 aromatic carbocycles. The van der Waals surface area contributed by atoms with Crippen LogP contribution in [-0.4, -0.2) is 36.8 Å². The van der Waals surface area contributed by atoms with Crippen molar-refractivity contribution >= 4 is 5.97 Å². The molecule has 0 aromatic rings. The molecule has 4 heteroatoms. The molecule has 0 bridgehead atoms. The van der Waals surface area contributed by atoms with Gasteiger partial charge in [-0.25, -0.2) is 0 Å². The minimum absolute atomic E-state index is 0.168. The minimum atomic E-state index is -0.216. The van der Waals surface area contributed by atoms with E-state index in [1.165, 1.54) is 0 Å². The van der Waals surface area contributed by atoms with Crippen molar-refractivity contribution in [3.05, 3.63) is 0 Å². The monoisotopic (exact) mass is 215 g/mol. The van der Waals surface area contributed by atoms with Gasteiger partial charge in [-0.3, -0.25) is 9.63 Å². The third-order valence-electron chi connectivity index (χ3n) is 2.68. The summed E-state index contributed by atoms with van der Waals surface area (Å²) in [5.41, 5.74) is 0. The van der Waals surface area contributed by atoms with E-state index in [-0.39, 0.29) is 18.1 Å². The Hall–Kier alpha value is -0.610. The van der Waals surface area contributed by atoms with Crippen molar-refractivity contribution < 1.29 is 14.4 Å². The van der Waals surface area contributed by atoms with Gasteiger partial charge in [-0.1, -0.05) is 19.8 Å². The Morgan fingerprint density at radius 2 is 2.27 bits per heavy atom. The zero-order valence-corrected chi connectivity index (χ0v) is 9.86. The Morgan fingerprint density at radius 1 is 1.53 bits per heavy atom. The second-order valence-electron chi connectivity index (χ2n) is 3.92. The van der Waals surface area contributed by atoms with Gasteiger partial charge in [0.15, 0.2) is 0 Å². The standard InChI is InChI=1S/C11H21NO3/c1-4-6-7-9-8-10(12(3)15-9)11(13)14-5-2/h9-10H,4-8H2,1-3H3/t9-,10+/m1/s1. The third-order valence-corrected chi connectivity index (χ3v) is 2.68. The Morgan fingerprint density at radius 3 is 2.87 bits per heavy atom. The minimum Gasteiger partial charge on any atom is -0.465 e. The Balaban J connectivity index is 2.38. The summed E-state index contributed by atoms with van der Waals surface area (Å²) in [4.78, 5) is 17.1. The largest absolute Gasteiger partial charge is 0.465 e. The first-order chi connectivity index (χ1) is 7.19. The van der Waals surface area contributed by atoms with Crippen LogP contribution in [-0.2, 0) is 14.4 Å². The van der Waals surface area contributed by atoms with Crippen molar-refractivity contribution in [3.8, 4) is 0 Å². The maximum atomic E-state index is 11.5. The van der Waals surface area contributed by atoms with Crippen LogP contribution in [0.5, 0.6) is 0 Å². The van der Waals surface area contributed by atoms with Crippen molar-refractivity contribution in [2.45, 2.75) is 51.7 Å². The highest BCUT2D eigenvalue weighted by atomic mass is 16.7. The molecule has 0 saturated carbocycles. The summed E-state index contributed by atoms with van der Waals surface area (Å²) in [6.45, 7) is 4.41. The Labute approximate surface area is 91.5 Å². The highest BCUT2D eigenvalue weighted by Crippen LogP contribution is 2.23. The van der Waals surface area contributed by atoms with Crippen molar-refractivity contribution in [1.29, 1.82) is 0 Å². The number of likely N-dealkylation sites (N-methyl/N-ethyl adjacent to an activating group) is 1. The molecule has 0 radical (unpaired) electrons. The molecule has 0 aliphatic carbocycles. The normalized spacial score (nSPS) is 26.9. The summed E-state index contributed by atoms with van der Waals surface area (Å²) >= 11 is 0. The number of hydrogen-bond acceptors (Lipinski definition) is 4. The molecule has 4 nitrogen and oxygen atoms in total.